The molecule has 4 atom stereocenters. The topological polar surface area (TPSA) is 61.8 Å². The van der Waals surface area contributed by atoms with Crippen LogP contribution in [-0.2, 0) is 5.41 Å². The molecule has 0 radical (unpaired) electrons. The van der Waals surface area contributed by atoms with Gasteiger partial charge in [-0.1, -0.05) is 30.3 Å². The molecular weight excluding hydrogens is 364 g/mol. The van der Waals surface area contributed by atoms with E-state index >= 15 is 0 Å². The van der Waals surface area contributed by atoms with Crippen molar-refractivity contribution in [1.82, 2.24) is 10.2 Å². The molecule has 29 heavy (non-hydrogen) atoms. The van der Waals surface area contributed by atoms with Crippen LogP contribution in [0.25, 0.3) is 0 Å². The van der Waals surface area contributed by atoms with E-state index < -0.39 is 6.10 Å². The molecule has 3 unspecified atom stereocenters. The van der Waals surface area contributed by atoms with E-state index in [-0.39, 0.29) is 23.3 Å². The molecule has 1 saturated heterocycles. The summed E-state index contributed by atoms with van der Waals surface area (Å²) in [5.74, 6) is 0.896. The number of ether oxygens (including phenoxy) is 1. The van der Waals surface area contributed by atoms with Crippen LogP contribution in [0.2, 0.25) is 0 Å². The smallest absolute Gasteiger partial charge is 0.251 e. The van der Waals surface area contributed by atoms with Gasteiger partial charge in [0.15, 0.2) is 0 Å². The second-order valence-electron chi connectivity index (χ2n) is 8.55. The van der Waals surface area contributed by atoms with Gasteiger partial charge in [-0.25, -0.2) is 0 Å². The zero-order valence-corrected chi connectivity index (χ0v) is 17.2. The number of piperidine rings is 1. The van der Waals surface area contributed by atoms with Crippen LogP contribution in [0.4, 0.5) is 0 Å². The van der Waals surface area contributed by atoms with Crippen LogP contribution in [0.1, 0.15) is 35.2 Å². The molecule has 4 rings (SSSR count). The van der Waals surface area contributed by atoms with Crippen LogP contribution >= 0.6 is 0 Å². The minimum Gasteiger partial charge on any atom is -0.497 e. The number of hydrogen-bond donors (Lipinski definition) is 2. The third kappa shape index (κ3) is 3.89. The zero-order chi connectivity index (χ0) is 20.4. The number of rotatable bonds is 4. The maximum atomic E-state index is 12.8. The molecule has 0 bridgehead atoms. The SMILES string of the molecule is COc1cccc(C23CCN(C)CC2C(O)C[C@H](NC(=O)c2ccccc2)C3)c1. The van der Waals surface area contributed by atoms with Crippen molar-refractivity contribution in [3.05, 3.63) is 65.7 Å². The lowest BCUT2D eigenvalue weighted by molar-refractivity contribution is -0.0420. The van der Waals surface area contributed by atoms with Crippen molar-refractivity contribution in [2.45, 2.75) is 36.8 Å². The van der Waals surface area contributed by atoms with Crippen LogP contribution in [0, 0.1) is 5.92 Å². The highest BCUT2D eigenvalue weighted by Crippen LogP contribution is 2.49. The van der Waals surface area contributed by atoms with Crippen molar-refractivity contribution in [2.24, 2.45) is 5.92 Å². The predicted molar refractivity (Wildman–Crippen MR) is 113 cm³/mol. The number of methoxy groups -OCH3 is 1. The van der Waals surface area contributed by atoms with Crippen molar-refractivity contribution >= 4 is 5.91 Å². The molecule has 1 aliphatic carbocycles. The van der Waals surface area contributed by atoms with E-state index in [1.54, 1.807) is 7.11 Å². The summed E-state index contributed by atoms with van der Waals surface area (Å²) in [5, 5.41) is 14.3. The summed E-state index contributed by atoms with van der Waals surface area (Å²) >= 11 is 0. The van der Waals surface area contributed by atoms with Crippen molar-refractivity contribution in [3.63, 3.8) is 0 Å². The van der Waals surface area contributed by atoms with E-state index in [4.69, 9.17) is 4.74 Å². The maximum absolute atomic E-state index is 12.8. The lowest BCUT2D eigenvalue weighted by atomic mass is 9.57. The number of fused-ring (bicyclic) bond motifs is 1. The molecule has 154 valence electrons. The van der Waals surface area contributed by atoms with Crippen LogP contribution in [-0.4, -0.2) is 55.3 Å². The molecule has 5 nitrogen and oxygen atoms in total. The Labute approximate surface area is 172 Å². The van der Waals surface area contributed by atoms with Gasteiger partial charge in [0.2, 0.25) is 0 Å². The second kappa shape index (κ2) is 8.17. The standard InChI is InChI=1S/C24H30N2O3/c1-26-12-11-24(18-9-6-10-20(13-18)29-2)15-19(14-22(27)21(24)16-26)25-23(28)17-7-4-3-5-8-17/h3-10,13,19,21-22,27H,11-12,14-16H2,1-2H3,(H,25,28)/t19-,21?,22?,24?/m0/s1. The van der Waals surface area contributed by atoms with E-state index in [1.807, 2.05) is 42.5 Å². The zero-order valence-electron chi connectivity index (χ0n) is 17.2. The van der Waals surface area contributed by atoms with Gasteiger partial charge in [0.25, 0.3) is 5.91 Å². The summed E-state index contributed by atoms with van der Waals surface area (Å²) in [6, 6.07) is 17.5. The Balaban J connectivity index is 1.64. The number of benzene rings is 2. The Kier molecular flexibility index (Phi) is 5.61. The monoisotopic (exact) mass is 394 g/mol. The average Bonchev–Trinajstić information content (AvgIpc) is 2.75. The summed E-state index contributed by atoms with van der Waals surface area (Å²) in [5.41, 5.74) is 1.68. The maximum Gasteiger partial charge on any atom is 0.251 e. The van der Waals surface area contributed by atoms with Crippen LogP contribution < -0.4 is 10.1 Å². The molecule has 2 aromatic carbocycles. The summed E-state index contributed by atoms with van der Waals surface area (Å²) in [6.45, 7) is 1.83. The predicted octanol–water partition coefficient (Wildman–Crippen LogP) is 2.84. The Hall–Kier alpha value is -2.37. The molecule has 1 aliphatic heterocycles. The van der Waals surface area contributed by atoms with Crippen molar-refractivity contribution < 1.29 is 14.6 Å². The number of likely N-dealkylation sites (tertiary alicyclic amines) is 1. The number of amides is 1. The van der Waals surface area contributed by atoms with Gasteiger partial charge in [-0.2, -0.15) is 0 Å². The van der Waals surface area contributed by atoms with Crippen LogP contribution in [0.5, 0.6) is 5.75 Å². The van der Waals surface area contributed by atoms with Gasteiger partial charge in [0.05, 0.1) is 13.2 Å². The van der Waals surface area contributed by atoms with Crippen LogP contribution in [0.3, 0.4) is 0 Å². The van der Waals surface area contributed by atoms with E-state index in [9.17, 15) is 9.90 Å². The lowest BCUT2D eigenvalue weighted by Crippen LogP contribution is -2.60. The summed E-state index contributed by atoms with van der Waals surface area (Å²) in [4.78, 5) is 15.1. The molecule has 2 N–H and O–H groups in total. The first-order valence-corrected chi connectivity index (χ1v) is 10.4. The van der Waals surface area contributed by atoms with Crippen molar-refractivity contribution in [3.8, 4) is 5.75 Å². The minimum absolute atomic E-state index is 0.0661. The summed E-state index contributed by atoms with van der Waals surface area (Å²) < 4.78 is 5.48. The van der Waals surface area contributed by atoms with Gasteiger partial charge in [-0.05, 0) is 62.7 Å². The van der Waals surface area contributed by atoms with Gasteiger partial charge in [-0.3, -0.25) is 4.79 Å². The highest BCUT2D eigenvalue weighted by molar-refractivity contribution is 5.94. The third-order valence-corrected chi connectivity index (χ3v) is 6.77. The summed E-state index contributed by atoms with van der Waals surface area (Å²) in [7, 11) is 3.80. The van der Waals surface area contributed by atoms with E-state index in [1.165, 1.54) is 5.56 Å². The fourth-order valence-corrected chi connectivity index (χ4v) is 5.28. The molecule has 0 spiro atoms. The molecule has 2 fully saturated rings. The van der Waals surface area contributed by atoms with E-state index in [0.29, 0.717) is 12.0 Å². The van der Waals surface area contributed by atoms with Gasteiger partial charge in [0.1, 0.15) is 5.75 Å². The molecular formula is C24H30N2O3. The highest BCUT2D eigenvalue weighted by atomic mass is 16.5. The number of aliphatic hydroxyl groups is 1. The average molecular weight is 395 g/mol. The van der Waals surface area contributed by atoms with Crippen LogP contribution in [0.15, 0.2) is 54.6 Å². The molecule has 5 heteroatoms. The van der Waals surface area contributed by atoms with Gasteiger partial charge < -0.3 is 20.1 Å². The number of aliphatic hydroxyl groups excluding tert-OH is 1. The molecule has 0 aromatic heterocycles. The first-order valence-electron chi connectivity index (χ1n) is 10.4. The fraction of sp³-hybridized carbons (Fsp3) is 0.458. The largest absolute Gasteiger partial charge is 0.497 e. The number of nitrogens with zero attached hydrogens (tertiary/aromatic N) is 1. The number of hydrogen-bond acceptors (Lipinski definition) is 4. The Morgan fingerprint density at radius 2 is 2.00 bits per heavy atom. The number of carbonyl (C=O) groups excluding carboxylic acids is 1. The molecule has 1 heterocycles. The Morgan fingerprint density at radius 3 is 2.76 bits per heavy atom. The summed E-state index contributed by atoms with van der Waals surface area (Å²) in [6.07, 6.45) is 1.91. The van der Waals surface area contributed by atoms with E-state index in [0.717, 1.165) is 31.7 Å². The number of nitrogens with one attached hydrogen (secondary N) is 1. The molecule has 1 saturated carbocycles. The van der Waals surface area contributed by atoms with Crippen molar-refractivity contribution in [2.75, 3.05) is 27.2 Å². The normalized spacial score (nSPS) is 29.7. The van der Waals surface area contributed by atoms with Gasteiger partial charge in [-0.15, -0.1) is 0 Å². The second-order valence-corrected chi connectivity index (χ2v) is 8.55. The van der Waals surface area contributed by atoms with Gasteiger partial charge in [0, 0.05) is 29.5 Å². The quantitative estimate of drug-likeness (QED) is 0.837. The third-order valence-electron chi connectivity index (χ3n) is 6.77. The van der Waals surface area contributed by atoms with Gasteiger partial charge >= 0.3 is 0 Å². The fourth-order valence-electron chi connectivity index (χ4n) is 5.28. The molecule has 2 aromatic rings. The lowest BCUT2D eigenvalue weighted by Gasteiger charge is -2.54. The van der Waals surface area contributed by atoms with Crippen molar-refractivity contribution in [1.29, 1.82) is 0 Å². The highest BCUT2D eigenvalue weighted by Gasteiger charge is 2.51. The molecule has 1 amide bonds. The Bertz CT molecular complexity index is 856. The molecule has 2 aliphatic rings. The minimum atomic E-state index is -0.459. The van der Waals surface area contributed by atoms with E-state index in [2.05, 4.69) is 29.4 Å². The first-order chi connectivity index (χ1) is 14.0. The number of carbonyl (C=O) groups is 1. The first kappa shape index (κ1) is 19.9. The Morgan fingerprint density at radius 1 is 1.21 bits per heavy atom.